The van der Waals surface area contributed by atoms with Gasteiger partial charge in [-0.15, -0.1) is 5.92 Å². The fraction of sp³-hybridized carbons (Fsp3) is 0.467. The van der Waals surface area contributed by atoms with Gasteiger partial charge < -0.3 is 5.32 Å². The third kappa shape index (κ3) is 10.7. The summed E-state index contributed by atoms with van der Waals surface area (Å²) in [5.74, 6) is 5.33. The van der Waals surface area contributed by atoms with Gasteiger partial charge in [0, 0.05) is 19.4 Å². The van der Waals surface area contributed by atoms with Crippen LogP contribution in [0.25, 0.3) is 0 Å². The van der Waals surface area contributed by atoms with Crippen LogP contribution in [0.3, 0.4) is 0 Å². The van der Waals surface area contributed by atoms with E-state index in [1.165, 1.54) is 6.42 Å². The van der Waals surface area contributed by atoms with Crippen molar-refractivity contribution in [1.29, 1.82) is 0 Å². The van der Waals surface area contributed by atoms with Gasteiger partial charge in [0.1, 0.15) is 0 Å². The lowest BCUT2D eigenvalue weighted by Crippen LogP contribution is -2.23. The molecule has 0 spiro atoms. The van der Waals surface area contributed by atoms with Gasteiger partial charge in [0.05, 0.1) is 6.54 Å². The van der Waals surface area contributed by atoms with Crippen LogP contribution >= 0.6 is 0 Å². The number of carbonyl (C=O) groups excluding carboxylic acids is 1. The van der Waals surface area contributed by atoms with E-state index in [1.807, 2.05) is 13.8 Å². The summed E-state index contributed by atoms with van der Waals surface area (Å²) < 4.78 is 0. The molecule has 1 heterocycles. The monoisotopic (exact) mass is 250 g/mol. The summed E-state index contributed by atoms with van der Waals surface area (Å²) in [6, 6.07) is 3.32. The van der Waals surface area contributed by atoms with Gasteiger partial charge in [-0.1, -0.05) is 40.0 Å². The van der Waals surface area contributed by atoms with Gasteiger partial charge in [-0.3, -0.25) is 9.78 Å². The first-order valence-corrected chi connectivity index (χ1v) is 6.34. The molecule has 0 fully saturated rings. The van der Waals surface area contributed by atoms with Gasteiger partial charge in [-0.2, -0.15) is 0 Å². The van der Waals surface area contributed by atoms with E-state index in [0.717, 1.165) is 0 Å². The molecular formula is C15H26N2O. The largest absolute Gasteiger partial charge is 0.341 e. The molecule has 0 aliphatic carbocycles. The molecule has 3 heteroatoms. The highest BCUT2D eigenvalue weighted by Crippen LogP contribution is 1.94. The Labute approximate surface area is 113 Å². The smallest absolute Gasteiger partial charge is 0.252 e. The van der Waals surface area contributed by atoms with Crippen LogP contribution in [0.4, 0.5) is 0 Å². The second-order valence-electron chi connectivity index (χ2n) is 3.05. The number of nitrogens with zero attached hydrogens (tertiary/aromatic N) is 1. The van der Waals surface area contributed by atoms with E-state index in [-0.39, 0.29) is 7.33 Å². The van der Waals surface area contributed by atoms with Crippen molar-refractivity contribution in [3.63, 3.8) is 0 Å². The normalized spacial score (nSPS) is 7.39. The zero-order valence-electron chi connectivity index (χ0n) is 12.1. The quantitative estimate of drug-likeness (QED) is 0.816. The Bertz CT molecular complexity index is 355. The van der Waals surface area contributed by atoms with Crippen molar-refractivity contribution in [1.82, 2.24) is 10.3 Å². The number of rotatable bonds is 2. The SMILES string of the molecule is CC.CC#CCNC(=O)c1ccncc1.CCC.[HH]. The fourth-order valence-corrected chi connectivity index (χ4v) is 0.818. The van der Waals surface area contributed by atoms with Crippen LogP contribution < -0.4 is 5.32 Å². The second kappa shape index (κ2) is 15.2. The summed E-state index contributed by atoms with van der Waals surface area (Å²) in [6.45, 7) is 10.4. The molecule has 18 heavy (non-hydrogen) atoms. The minimum Gasteiger partial charge on any atom is -0.341 e. The van der Waals surface area contributed by atoms with Crippen molar-refractivity contribution >= 4 is 5.91 Å². The topological polar surface area (TPSA) is 42.0 Å². The average Bonchev–Trinajstić information content (AvgIpc) is 2.43. The molecule has 102 valence electrons. The molecule has 0 aliphatic rings. The molecule has 1 N–H and O–H groups in total. The van der Waals surface area contributed by atoms with Crippen LogP contribution in [0.2, 0.25) is 0 Å². The Morgan fingerprint density at radius 2 is 1.83 bits per heavy atom. The standard InChI is InChI=1S/C10H10N2O.C3H8.C2H6.H2/c1-2-3-6-12-10(13)9-4-7-11-8-5-9;1-3-2;1-2;/h4-5,7-8H,6H2,1H3,(H,12,13);3H2,1-2H3;1-2H3;1H. The van der Waals surface area contributed by atoms with E-state index in [2.05, 4.69) is 36.0 Å². The van der Waals surface area contributed by atoms with E-state index in [0.29, 0.717) is 12.1 Å². The van der Waals surface area contributed by atoms with Crippen LogP contribution in [0.5, 0.6) is 0 Å². The maximum Gasteiger partial charge on any atom is 0.252 e. The summed E-state index contributed by atoms with van der Waals surface area (Å²) >= 11 is 0. The molecule has 3 nitrogen and oxygen atoms in total. The number of aromatic nitrogens is 1. The van der Waals surface area contributed by atoms with Crippen LogP contribution in [0.1, 0.15) is 52.8 Å². The van der Waals surface area contributed by atoms with E-state index in [9.17, 15) is 4.79 Å². The highest BCUT2D eigenvalue weighted by molar-refractivity contribution is 5.94. The predicted octanol–water partition coefficient (Wildman–Crippen LogP) is 3.52. The molecule has 0 aromatic carbocycles. The van der Waals surface area contributed by atoms with Gasteiger partial charge in [-0.05, 0) is 19.1 Å². The van der Waals surface area contributed by atoms with Crippen LogP contribution in [0, 0.1) is 11.8 Å². The molecule has 0 bridgehead atoms. The Morgan fingerprint density at radius 1 is 1.33 bits per heavy atom. The van der Waals surface area contributed by atoms with E-state index >= 15 is 0 Å². The number of carbonyl (C=O) groups is 1. The molecule has 1 amide bonds. The molecule has 0 saturated heterocycles. The summed E-state index contributed by atoms with van der Waals surface area (Å²) in [5.41, 5.74) is 0.605. The van der Waals surface area contributed by atoms with Crippen molar-refractivity contribution in [3.8, 4) is 11.8 Å². The van der Waals surface area contributed by atoms with Crippen LogP contribution in [-0.4, -0.2) is 17.4 Å². The molecule has 0 radical (unpaired) electrons. The molecule has 0 aliphatic heterocycles. The highest BCUT2D eigenvalue weighted by atomic mass is 16.1. The summed E-state index contributed by atoms with van der Waals surface area (Å²) in [6.07, 6.45) is 4.42. The maximum absolute atomic E-state index is 11.3. The minimum absolute atomic E-state index is 0. The van der Waals surface area contributed by atoms with Gasteiger partial charge in [0.25, 0.3) is 5.91 Å². The van der Waals surface area contributed by atoms with Crippen molar-refractivity contribution in [2.24, 2.45) is 0 Å². The maximum atomic E-state index is 11.3. The Balaban J connectivity index is -0.000000376. The first kappa shape index (κ1) is 18.5. The summed E-state index contributed by atoms with van der Waals surface area (Å²) in [7, 11) is 0. The molecule has 0 saturated carbocycles. The van der Waals surface area contributed by atoms with Gasteiger partial charge in [-0.25, -0.2) is 0 Å². The lowest BCUT2D eigenvalue weighted by atomic mass is 10.2. The predicted molar refractivity (Wildman–Crippen MR) is 79.4 cm³/mol. The van der Waals surface area contributed by atoms with Crippen LogP contribution in [-0.2, 0) is 0 Å². The number of pyridine rings is 1. The third-order valence-corrected chi connectivity index (χ3v) is 1.46. The molecule has 1 aromatic rings. The fourth-order valence-electron chi connectivity index (χ4n) is 0.818. The van der Waals surface area contributed by atoms with Crippen molar-refractivity contribution in [2.45, 2.75) is 41.0 Å². The summed E-state index contributed by atoms with van der Waals surface area (Å²) in [4.78, 5) is 15.1. The summed E-state index contributed by atoms with van der Waals surface area (Å²) in [5, 5.41) is 2.66. The lowest BCUT2D eigenvalue weighted by Gasteiger charge is -1.99. The van der Waals surface area contributed by atoms with E-state index in [1.54, 1.807) is 31.5 Å². The Hall–Kier alpha value is -1.82. The van der Waals surface area contributed by atoms with Crippen molar-refractivity contribution in [2.75, 3.05) is 6.54 Å². The van der Waals surface area contributed by atoms with Crippen molar-refractivity contribution in [3.05, 3.63) is 30.1 Å². The number of nitrogens with one attached hydrogen (secondary N) is 1. The number of amides is 1. The Kier molecular flexibility index (Phi) is 15.6. The molecular weight excluding hydrogens is 224 g/mol. The zero-order valence-corrected chi connectivity index (χ0v) is 12.1. The molecule has 0 atom stereocenters. The second-order valence-corrected chi connectivity index (χ2v) is 3.05. The lowest BCUT2D eigenvalue weighted by molar-refractivity contribution is 0.0958. The van der Waals surface area contributed by atoms with Crippen LogP contribution in [0.15, 0.2) is 24.5 Å². The number of hydrogen-bond acceptors (Lipinski definition) is 2. The molecule has 1 rings (SSSR count). The minimum atomic E-state index is -0.120. The molecule has 0 unspecified atom stereocenters. The third-order valence-electron chi connectivity index (χ3n) is 1.46. The van der Waals surface area contributed by atoms with E-state index < -0.39 is 0 Å². The van der Waals surface area contributed by atoms with Gasteiger partial charge >= 0.3 is 0 Å². The number of hydrogen-bond donors (Lipinski definition) is 1. The highest BCUT2D eigenvalue weighted by Gasteiger charge is 2.01. The zero-order chi connectivity index (χ0) is 14.2. The van der Waals surface area contributed by atoms with Crippen molar-refractivity contribution < 1.29 is 6.22 Å². The average molecular weight is 250 g/mol. The van der Waals surface area contributed by atoms with Gasteiger partial charge in [0.15, 0.2) is 0 Å². The van der Waals surface area contributed by atoms with Gasteiger partial charge in [0.2, 0.25) is 0 Å². The first-order valence-electron chi connectivity index (χ1n) is 6.34. The molecule has 1 aromatic heterocycles. The van der Waals surface area contributed by atoms with E-state index in [4.69, 9.17) is 0 Å². The first-order chi connectivity index (χ1) is 8.76. The Morgan fingerprint density at radius 3 is 2.28 bits per heavy atom.